The number of nitrogens with zero attached hydrogens (tertiary/aromatic N) is 1. The van der Waals surface area contributed by atoms with E-state index in [4.69, 9.17) is 0 Å². The maximum absolute atomic E-state index is 13.0. The number of carbonyl (C=O) groups excluding carboxylic acids is 3. The molecule has 144 valence electrons. The van der Waals surface area contributed by atoms with Crippen LogP contribution in [0.25, 0.3) is 0 Å². The molecule has 0 fully saturated rings. The Morgan fingerprint density at radius 2 is 1.59 bits per heavy atom. The molecule has 1 aliphatic rings. The summed E-state index contributed by atoms with van der Waals surface area (Å²) >= 11 is 0. The van der Waals surface area contributed by atoms with Gasteiger partial charge < -0.3 is 5.32 Å². The van der Waals surface area contributed by atoms with Gasteiger partial charge in [-0.25, -0.2) is 4.90 Å². The number of anilines is 1. The molecule has 0 spiro atoms. The van der Waals surface area contributed by atoms with Crippen LogP contribution in [0.4, 0.5) is 5.69 Å². The fourth-order valence-electron chi connectivity index (χ4n) is 3.46. The van der Waals surface area contributed by atoms with E-state index in [-0.39, 0.29) is 17.4 Å². The molecule has 0 aliphatic carbocycles. The van der Waals surface area contributed by atoms with E-state index in [1.807, 2.05) is 56.3 Å². The molecule has 0 radical (unpaired) electrons. The maximum Gasteiger partial charge on any atom is 0.266 e. The molecule has 0 unspecified atom stereocenters. The van der Waals surface area contributed by atoms with Gasteiger partial charge in [0.25, 0.3) is 17.7 Å². The van der Waals surface area contributed by atoms with E-state index in [0.29, 0.717) is 23.4 Å². The Morgan fingerprint density at radius 3 is 2.34 bits per heavy atom. The summed E-state index contributed by atoms with van der Waals surface area (Å²) in [5.41, 5.74) is 4.35. The number of amides is 3. The van der Waals surface area contributed by atoms with Crippen molar-refractivity contribution in [3.05, 3.63) is 100 Å². The number of carbonyl (C=O) groups is 3. The van der Waals surface area contributed by atoms with E-state index in [0.717, 1.165) is 16.7 Å². The zero-order valence-corrected chi connectivity index (χ0v) is 16.2. The van der Waals surface area contributed by atoms with E-state index in [1.165, 1.54) is 11.0 Å². The molecule has 3 aromatic carbocycles. The molecule has 5 heteroatoms. The van der Waals surface area contributed by atoms with Gasteiger partial charge in [0.15, 0.2) is 0 Å². The van der Waals surface area contributed by atoms with Crippen LogP contribution >= 0.6 is 0 Å². The minimum atomic E-state index is -0.406. The van der Waals surface area contributed by atoms with Crippen molar-refractivity contribution < 1.29 is 14.4 Å². The van der Waals surface area contributed by atoms with E-state index < -0.39 is 5.91 Å². The molecule has 0 bridgehead atoms. The van der Waals surface area contributed by atoms with E-state index in [1.54, 1.807) is 18.2 Å². The lowest BCUT2D eigenvalue weighted by Gasteiger charge is -2.17. The SMILES string of the molecule is Cc1cccc(N2C(=O)c3ccc(C(=O)NCc4ccccc4)cc3C2=O)c1C. The third-order valence-corrected chi connectivity index (χ3v) is 5.26. The van der Waals surface area contributed by atoms with Crippen LogP contribution in [0.2, 0.25) is 0 Å². The Hall–Kier alpha value is -3.73. The number of nitrogens with one attached hydrogen (secondary N) is 1. The molecule has 4 rings (SSSR count). The number of imide groups is 1. The molecule has 1 N–H and O–H groups in total. The molecular weight excluding hydrogens is 364 g/mol. The van der Waals surface area contributed by atoms with Crippen LogP contribution in [-0.2, 0) is 6.54 Å². The second-order valence-electron chi connectivity index (χ2n) is 7.09. The summed E-state index contributed by atoms with van der Waals surface area (Å²) in [6.07, 6.45) is 0. The number of hydrogen-bond donors (Lipinski definition) is 1. The van der Waals surface area contributed by atoms with Crippen LogP contribution in [0, 0.1) is 13.8 Å². The monoisotopic (exact) mass is 384 g/mol. The van der Waals surface area contributed by atoms with Gasteiger partial charge in [-0.05, 0) is 54.8 Å². The lowest BCUT2D eigenvalue weighted by Crippen LogP contribution is -2.30. The average Bonchev–Trinajstić information content (AvgIpc) is 2.99. The van der Waals surface area contributed by atoms with Crippen molar-refractivity contribution in [1.29, 1.82) is 0 Å². The first-order valence-corrected chi connectivity index (χ1v) is 9.38. The number of hydrogen-bond acceptors (Lipinski definition) is 3. The van der Waals surface area contributed by atoms with Crippen LogP contribution in [0.15, 0.2) is 66.7 Å². The smallest absolute Gasteiger partial charge is 0.266 e. The summed E-state index contributed by atoms with van der Waals surface area (Å²) in [6.45, 7) is 4.21. The molecule has 5 nitrogen and oxygen atoms in total. The fourth-order valence-corrected chi connectivity index (χ4v) is 3.46. The summed E-state index contributed by atoms with van der Waals surface area (Å²) in [5, 5.41) is 2.84. The molecule has 0 aromatic heterocycles. The first-order valence-electron chi connectivity index (χ1n) is 9.38. The molecule has 0 saturated heterocycles. The first-order chi connectivity index (χ1) is 14.0. The standard InChI is InChI=1S/C24H20N2O3/c1-15-7-6-10-21(16(15)2)26-23(28)19-12-11-18(13-20(19)24(26)29)22(27)25-14-17-8-4-3-5-9-17/h3-13H,14H2,1-2H3,(H,25,27). The lowest BCUT2D eigenvalue weighted by atomic mass is 10.1. The number of benzene rings is 3. The molecular formula is C24H20N2O3. The lowest BCUT2D eigenvalue weighted by molar-refractivity contribution is 0.0923. The summed E-state index contributed by atoms with van der Waals surface area (Å²) in [7, 11) is 0. The van der Waals surface area contributed by atoms with Crippen LogP contribution in [-0.4, -0.2) is 17.7 Å². The highest BCUT2D eigenvalue weighted by molar-refractivity contribution is 6.35. The quantitative estimate of drug-likeness (QED) is 0.691. The second kappa shape index (κ2) is 7.36. The summed E-state index contributed by atoms with van der Waals surface area (Å²) < 4.78 is 0. The Balaban J connectivity index is 1.60. The second-order valence-corrected chi connectivity index (χ2v) is 7.09. The van der Waals surface area contributed by atoms with E-state index in [9.17, 15) is 14.4 Å². The highest BCUT2D eigenvalue weighted by atomic mass is 16.2. The molecule has 0 saturated carbocycles. The van der Waals surface area contributed by atoms with Gasteiger partial charge in [-0.15, -0.1) is 0 Å². The van der Waals surface area contributed by atoms with Crippen molar-refractivity contribution >= 4 is 23.4 Å². The van der Waals surface area contributed by atoms with Crippen LogP contribution in [0.3, 0.4) is 0 Å². The molecule has 1 aliphatic heterocycles. The zero-order chi connectivity index (χ0) is 20.5. The van der Waals surface area contributed by atoms with Crippen molar-refractivity contribution in [2.75, 3.05) is 4.90 Å². The summed E-state index contributed by atoms with van der Waals surface area (Å²) in [4.78, 5) is 39.6. The van der Waals surface area contributed by atoms with Crippen LogP contribution < -0.4 is 10.2 Å². The largest absolute Gasteiger partial charge is 0.348 e. The number of rotatable bonds is 4. The third-order valence-electron chi connectivity index (χ3n) is 5.26. The predicted molar refractivity (Wildman–Crippen MR) is 111 cm³/mol. The van der Waals surface area contributed by atoms with E-state index in [2.05, 4.69) is 5.32 Å². The van der Waals surface area contributed by atoms with Crippen LogP contribution in [0.1, 0.15) is 47.8 Å². The number of aryl methyl sites for hydroxylation is 1. The minimum absolute atomic E-state index is 0.253. The van der Waals surface area contributed by atoms with Crippen molar-refractivity contribution in [1.82, 2.24) is 5.32 Å². The molecule has 3 aromatic rings. The summed E-state index contributed by atoms with van der Waals surface area (Å²) in [6, 6.07) is 19.7. The van der Waals surface area contributed by atoms with Gasteiger partial charge in [-0.2, -0.15) is 0 Å². The first kappa shape index (κ1) is 18.6. The van der Waals surface area contributed by atoms with Crippen molar-refractivity contribution in [2.24, 2.45) is 0 Å². The van der Waals surface area contributed by atoms with Gasteiger partial charge in [0.1, 0.15) is 0 Å². The highest BCUT2D eigenvalue weighted by Gasteiger charge is 2.37. The van der Waals surface area contributed by atoms with E-state index >= 15 is 0 Å². The van der Waals surface area contributed by atoms with Gasteiger partial charge in [0, 0.05) is 12.1 Å². The Labute approximate surface area is 169 Å². The van der Waals surface area contributed by atoms with Crippen LogP contribution in [0.5, 0.6) is 0 Å². The van der Waals surface area contributed by atoms with Gasteiger partial charge in [-0.1, -0.05) is 42.5 Å². The normalized spacial score (nSPS) is 12.8. The molecule has 0 atom stereocenters. The maximum atomic E-state index is 13.0. The zero-order valence-electron chi connectivity index (χ0n) is 16.2. The Bertz CT molecular complexity index is 1140. The van der Waals surface area contributed by atoms with Gasteiger partial charge >= 0.3 is 0 Å². The molecule has 3 amide bonds. The van der Waals surface area contributed by atoms with Gasteiger partial charge in [-0.3, -0.25) is 14.4 Å². The Morgan fingerprint density at radius 1 is 0.862 bits per heavy atom. The molecule has 1 heterocycles. The Kier molecular flexibility index (Phi) is 4.72. The topological polar surface area (TPSA) is 66.5 Å². The van der Waals surface area contributed by atoms with Crippen molar-refractivity contribution in [3.8, 4) is 0 Å². The third kappa shape index (κ3) is 3.31. The van der Waals surface area contributed by atoms with Crippen molar-refractivity contribution in [3.63, 3.8) is 0 Å². The predicted octanol–water partition coefficient (Wildman–Crippen LogP) is 4.03. The molecule has 29 heavy (non-hydrogen) atoms. The van der Waals surface area contributed by atoms with Crippen molar-refractivity contribution in [2.45, 2.75) is 20.4 Å². The summed E-state index contributed by atoms with van der Waals surface area (Å²) in [5.74, 6) is -1.06. The minimum Gasteiger partial charge on any atom is -0.348 e. The average molecular weight is 384 g/mol. The van der Waals surface area contributed by atoms with Gasteiger partial charge in [0.2, 0.25) is 0 Å². The van der Waals surface area contributed by atoms with Gasteiger partial charge in [0.05, 0.1) is 16.8 Å². The number of fused-ring (bicyclic) bond motifs is 1. The fraction of sp³-hybridized carbons (Fsp3) is 0.125. The highest BCUT2D eigenvalue weighted by Crippen LogP contribution is 2.32.